The number of ether oxygens (including phenoxy) is 1. The maximum Gasteiger partial charge on any atom is 0.410 e. The molecule has 1 aromatic carbocycles. The van der Waals surface area contributed by atoms with E-state index in [2.05, 4.69) is 5.32 Å². The first-order chi connectivity index (χ1) is 19.7. The topological polar surface area (TPSA) is 143 Å². The van der Waals surface area contributed by atoms with E-state index >= 15 is 4.39 Å². The highest BCUT2D eigenvalue weighted by Crippen LogP contribution is 2.27. The van der Waals surface area contributed by atoms with Crippen molar-refractivity contribution in [2.75, 3.05) is 25.0 Å². The van der Waals surface area contributed by atoms with Crippen molar-refractivity contribution in [3.63, 3.8) is 0 Å². The zero-order chi connectivity index (χ0) is 30.9. The van der Waals surface area contributed by atoms with Crippen LogP contribution in [-0.2, 0) is 20.9 Å². The molecule has 0 radical (unpaired) electrons. The molecule has 2 aromatic rings. The van der Waals surface area contributed by atoms with E-state index in [0.717, 1.165) is 47.6 Å². The lowest BCUT2D eigenvalue weighted by molar-refractivity contribution is -0.153. The van der Waals surface area contributed by atoms with Crippen molar-refractivity contribution in [1.29, 1.82) is 0 Å². The minimum absolute atomic E-state index is 0.00919. The molecule has 42 heavy (non-hydrogen) atoms. The summed E-state index contributed by atoms with van der Waals surface area (Å²) in [5, 5.41) is 13.0. The number of carboxylic acid groups (broad SMARTS) is 1. The number of carbonyl (C=O) groups excluding carboxylic acids is 2. The van der Waals surface area contributed by atoms with Crippen molar-refractivity contribution in [3.8, 4) is 0 Å². The first kappa shape index (κ1) is 31.0. The zero-order valence-corrected chi connectivity index (χ0v) is 24.8. The van der Waals surface area contributed by atoms with Crippen molar-refractivity contribution in [3.05, 3.63) is 38.8 Å². The van der Waals surface area contributed by atoms with Gasteiger partial charge < -0.3 is 25.0 Å². The fourth-order valence-corrected chi connectivity index (χ4v) is 5.62. The van der Waals surface area contributed by atoms with E-state index in [9.17, 15) is 29.1 Å². The molecule has 1 aliphatic carbocycles. The lowest BCUT2D eigenvalue weighted by Crippen LogP contribution is -2.61. The minimum atomic E-state index is -1.41. The third kappa shape index (κ3) is 6.60. The number of aliphatic carboxylic acids is 1. The molecule has 230 valence electrons. The SMILES string of the molecule is CC(C)n1c(=O)n(CC(=O)N2CCN(C(=O)OC(C)(C)C)CC2C(=O)O)c(=O)c2cc(F)c(NC3CCCCC3)cc21. The van der Waals surface area contributed by atoms with E-state index < -0.39 is 59.3 Å². The van der Waals surface area contributed by atoms with Gasteiger partial charge in [0.15, 0.2) is 0 Å². The molecule has 2 fully saturated rings. The van der Waals surface area contributed by atoms with Crippen LogP contribution in [0.4, 0.5) is 14.9 Å². The summed E-state index contributed by atoms with van der Waals surface area (Å²) in [5.74, 6) is -2.76. The molecule has 2 aliphatic rings. The summed E-state index contributed by atoms with van der Waals surface area (Å²) in [4.78, 5) is 67.3. The number of rotatable bonds is 6. The lowest BCUT2D eigenvalue weighted by Gasteiger charge is -2.39. The van der Waals surface area contributed by atoms with Crippen LogP contribution in [0.2, 0.25) is 0 Å². The number of amides is 2. The van der Waals surface area contributed by atoms with Gasteiger partial charge in [0.1, 0.15) is 24.0 Å². The van der Waals surface area contributed by atoms with E-state index in [1.165, 1.54) is 15.5 Å². The number of benzene rings is 1. The number of piperazine rings is 1. The smallest absolute Gasteiger partial charge is 0.410 e. The third-order valence-electron chi connectivity index (χ3n) is 7.67. The second-order valence-corrected chi connectivity index (χ2v) is 12.3. The predicted octanol–water partition coefficient (Wildman–Crippen LogP) is 3.16. The van der Waals surface area contributed by atoms with Gasteiger partial charge in [-0.1, -0.05) is 19.3 Å². The highest BCUT2D eigenvalue weighted by Gasteiger charge is 2.38. The average molecular weight is 590 g/mol. The van der Waals surface area contributed by atoms with Gasteiger partial charge >= 0.3 is 17.8 Å². The molecule has 0 bridgehead atoms. The Morgan fingerprint density at radius 1 is 1.10 bits per heavy atom. The summed E-state index contributed by atoms with van der Waals surface area (Å²) in [6, 6.07) is 0.819. The summed E-state index contributed by atoms with van der Waals surface area (Å²) < 4.78 is 22.6. The molecule has 1 saturated heterocycles. The molecule has 1 aliphatic heterocycles. The molecule has 12 nitrogen and oxygen atoms in total. The van der Waals surface area contributed by atoms with Crippen LogP contribution < -0.4 is 16.6 Å². The number of fused-ring (bicyclic) bond motifs is 1. The maximum atomic E-state index is 15.2. The molecule has 1 unspecified atom stereocenters. The number of halogens is 1. The Morgan fingerprint density at radius 2 is 1.76 bits per heavy atom. The average Bonchev–Trinajstić information content (AvgIpc) is 2.91. The molecule has 13 heteroatoms. The summed E-state index contributed by atoms with van der Waals surface area (Å²) in [6.45, 7) is 7.35. The van der Waals surface area contributed by atoms with Crippen molar-refractivity contribution < 1.29 is 28.6 Å². The number of hydrogen-bond acceptors (Lipinski definition) is 7. The Hall–Kier alpha value is -3.90. The Labute approximate surface area is 243 Å². The van der Waals surface area contributed by atoms with Crippen LogP contribution in [0.25, 0.3) is 10.9 Å². The summed E-state index contributed by atoms with van der Waals surface area (Å²) >= 11 is 0. The summed E-state index contributed by atoms with van der Waals surface area (Å²) in [7, 11) is 0. The number of carbonyl (C=O) groups is 3. The monoisotopic (exact) mass is 589 g/mol. The number of nitrogens with one attached hydrogen (secondary N) is 1. The lowest BCUT2D eigenvalue weighted by atomic mass is 9.95. The fraction of sp³-hybridized carbons (Fsp3) is 0.621. The van der Waals surface area contributed by atoms with Gasteiger partial charge in [0, 0.05) is 25.2 Å². The van der Waals surface area contributed by atoms with Gasteiger partial charge in [-0.15, -0.1) is 0 Å². The molecule has 2 N–H and O–H groups in total. The molecule has 2 heterocycles. The Kier molecular flexibility index (Phi) is 8.98. The second kappa shape index (κ2) is 12.1. The molecular formula is C29H40FN5O7. The van der Waals surface area contributed by atoms with E-state index in [-0.39, 0.29) is 42.3 Å². The molecule has 0 spiro atoms. The highest BCUT2D eigenvalue weighted by atomic mass is 19.1. The van der Waals surface area contributed by atoms with Gasteiger partial charge in [-0.05, 0) is 59.6 Å². The first-order valence-electron chi connectivity index (χ1n) is 14.4. The van der Waals surface area contributed by atoms with Crippen LogP contribution >= 0.6 is 0 Å². The quantitative estimate of drug-likeness (QED) is 0.523. The fourth-order valence-electron chi connectivity index (χ4n) is 5.62. The Morgan fingerprint density at radius 3 is 2.36 bits per heavy atom. The normalized spacial score (nSPS) is 18.4. The van der Waals surface area contributed by atoms with Crippen LogP contribution in [-0.4, -0.2) is 79.3 Å². The van der Waals surface area contributed by atoms with Crippen LogP contribution in [0.1, 0.15) is 72.8 Å². The van der Waals surface area contributed by atoms with E-state index in [4.69, 9.17) is 4.74 Å². The van der Waals surface area contributed by atoms with Crippen molar-refractivity contribution in [2.45, 2.75) is 97.0 Å². The predicted molar refractivity (Wildman–Crippen MR) is 154 cm³/mol. The number of carboxylic acids is 1. The van der Waals surface area contributed by atoms with Gasteiger partial charge in [-0.2, -0.15) is 0 Å². The molecule has 1 saturated carbocycles. The van der Waals surface area contributed by atoms with Crippen molar-refractivity contribution >= 4 is 34.6 Å². The van der Waals surface area contributed by atoms with Crippen molar-refractivity contribution in [1.82, 2.24) is 18.9 Å². The van der Waals surface area contributed by atoms with Gasteiger partial charge in [0.25, 0.3) is 5.56 Å². The maximum absolute atomic E-state index is 15.2. The van der Waals surface area contributed by atoms with Gasteiger partial charge in [-0.3, -0.25) is 18.7 Å². The molecular weight excluding hydrogens is 549 g/mol. The molecule has 1 aromatic heterocycles. The van der Waals surface area contributed by atoms with Gasteiger partial charge in [-0.25, -0.2) is 18.8 Å². The summed E-state index contributed by atoms with van der Waals surface area (Å²) in [6.07, 6.45) is 4.33. The van der Waals surface area contributed by atoms with Gasteiger partial charge in [0.2, 0.25) is 5.91 Å². The number of aromatic nitrogens is 2. The minimum Gasteiger partial charge on any atom is -0.480 e. The van der Waals surface area contributed by atoms with Crippen LogP contribution in [0.15, 0.2) is 21.7 Å². The van der Waals surface area contributed by atoms with E-state index in [0.29, 0.717) is 0 Å². The third-order valence-corrected chi connectivity index (χ3v) is 7.67. The molecule has 1 atom stereocenters. The number of hydrogen-bond donors (Lipinski definition) is 2. The Balaban J connectivity index is 1.65. The van der Waals surface area contributed by atoms with Crippen molar-refractivity contribution in [2.24, 2.45) is 0 Å². The standard InChI is InChI=1S/C29H40FN5O7/c1-17(2)35-22-14-21(31-18-9-7-6-8-10-18)20(30)13-19(22)25(37)34(27(35)40)16-24(36)33-12-11-32(15-23(33)26(38)39)28(41)42-29(3,4)5/h13-14,17-18,23,31H,6-12,15-16H2,1-5H3,(H,38,39). The van der Waals surface area contributed by atoms with Crippen LogP contribution in [0, 0.1) is 5.82 Å². The van der Waals surface area contributed by atoms with Gasteiger partial charge in [0.05, 0.1) is 23.1 Å². The first-order valence-corrected chi connectivity index (χ1v) is 14.4. The molecule has 2 amide bonds. The second-order valence-electron chi connectivity index (χ2n) is 12.3. The van der Waals surface area contributed by atoms with E-state index in [1.54, 1.807) is 34.6 Å². The number of nitrogens with zero attached hydrogens (tertiary/aromatic N) is 4. The van der Waals surface area contributed by atoms with E-state index in [1.807, 2.05) is 0 Å². The zero-order valence-electron chi connectivity index (χ0n) is 24.8. The summed E-state index contributed by atoms with van der Waals surface area (Å²) in [5.41, 5.74) is -1.93. The number of anilines is 1. The highest BCUT2D eigenvalue weighted by molar-refractivity contribution is 5.86. The largest absolute Gasteiger partial charge is 0.480 e. The van der Waals surface area contributed by atoms with Crippen LogP contribution in [0.3, 0.4) is 0 Å². The van der Waals surface area contributed by atoms with Crippen LogP contribution in [0.5, 0.6) is 0 Å². The Bertz CT molecular complexity index is 1490. The molecule has 4 rings (SSSR count).